The lowest BCUT2D eigenvalue weighted by Gasteiger charge is -2.31. The second-order valence-corrected chi connectivity index (χ2v) is 4.88. The molecule has 1 aliphatic rings. The smallest absolute Gasteiger partial charge is 0.139 e. The number of nitrogens with zero attached hydrogens (tertiary/aromatic N) is 3. The van der Waals surface area contributed by atoms with E-state index in [2.05, 4.69) is 23.1 Å². The van der Waals surface area contributed by atoms with Gasteiger partial charge in [0.2, 0.25) is 0 Å². The number of rotatable bonds is 1. The zero-order valence-corrected chi connectivity index (χ0v) is 10.1. The number of aromatic nitrogens is 2. The van der Waals surface area contributed by atoms with E-state index >= 15 is 0 Å². The maximum atomic E-state index is 5.78. The maximum absolute atomic E-state index is 5.78. The summed E-state index contributed by atoms with van der Waals surface area (Å²) in [5, 5.41) is 0. The average molecular weight is 230 g/mol. The first-order valence-corrected chi connectivity index (χ1v) is 6.18. The molecule has 2 aromatic heterocycles. The van der Waals surface area contributed by atoms with Crippen molar-refractivity contribution in [1.82, 2.24) is 14.3 Å². The molecular formula is C13H18N4. The van der Waals surface area contributed by atoms with E-state index in [1.807, 2.05) is 22.7 Å². The van der Waals surface area contributed by atoms with Crippen molar-refractivity contribution in [2.24, 2.45) is 0 Å². The van der Waals surface area contributed by atoms with E-state index in [1.165, 1.54) is 25.8 Å². The fourth-order valence-corrected chi connectivity index (χ4v) is 2.63. The van der Waals surface area contributed by atoms with Gasteiger partial charge in [-0.1, -0.05) is 6.42 Å². The number of hydrogen-bond donors (Lipinski definition) is 1. The number of hydrogen-bond acceptors (Lipinski definition) is 3. The highest BCUT2D eigenvalue weighted by atomic mass is 15.2. The highest BCUT2D eigenvalue weighted by Gasteiger charge is 2.22. The largest absolute Gasteiger partial charge is 0.399 e. The second kappa shape index (κ2) is 4.04. The number of piperidine rings is 1. The Kier molecular flexibility index (Phi) is 2.52. The molecule has 0 saturated carbocycles. The van der Waals surface area contributed by atoms with E-state index in [1.54, 1.807) is 0 Å². The van der Waals surface area contributed by atoms with Crippen molar-refractivity contribution in [2.75, 3.05) is 19.3 Å². The molecule has 17 heavy (non-hydrogen) atoms. The Hall–Kier alpha value is -1.55. The lowest BCUT2D eigenvalue weighted by atomic mass is 10.0. The summed E-state index contributed by atoms with van der Waals surface area (Å²) in [6.45, 7) is 1.17. The predicted octanol–water partition coefficient (Wildman–Crippen LogP) is 2.07. The molecule has 0 radical (unpaired) electrons. The Bertz CT molecular complexity index is 531. The highest BCUT2D eigenvalue weighted by molar-refractivity contribution is 5.52. The van der Waals surface area contributed by atoms with Crippen LogP contribution in [0, 0.1) is 0 Å². The third-order valence-electron chi connectivity index (χ3n) is 3.61. The minimum absolute atomic E-state index is 0.463. The molecule has 0 aromatic carbocycles. The van der Waals surface area contributed by atoms with Crippen LogP contribution in [0.3, 0.4) is 0 Å². The van der Waals surface area contributed by atoms with Crippen LogP contribution in [0.5, 0.6) is 0 Å². The van der Waals surface area contributed by atoms with E-state index in [0.29, 0.717) is 6.04 Å². The summed E-state index contributed by atoms with van der Waals surface area (Å²) in [6.07, 6.45) is 7.90. The average Bonchev–Trinajstić information content (AvgIpc) is 2.72. The van der Waals surface area contributed by atoms with Crippen LogP contribution in [0.25, 0.3) is 5.65 Å². The van der Waals surface area contributed by atoms with E-state index in [4.69, 9.17) is 5.73 Å². The number of nitrogens with two attached hydrogens (primary N) is 1. The first kappa shape index (κ1) is 10.6. The van der Waals surface area contributed by atoms with Crippen LogP contribution in [0.15, 0.2) is 24.5 Å². The van der Waals surface area contributed by atoms with Gasteiger partial charge in [0.1, 0.15) is 5.65 Å². The summed E-state index contributed by atoms with van der Waals surface area (Å²) in [6, 6.07) is 4.29. The van der Waals surface area contributed by atoms with Crippen molar-refractivity contribution in [3.63, 3.8) is 0 Å². The van der Waals surface area contributed by atoms with Gasteiger partial charge in [0.25, 0.3) is 0 Å². The number of fused-ring (bicyclic) bond motifs is 1. The molecule has 2 N–H and O–H groups in total. The lowest BCUT2D eigenvalue weighted by Crippen LogP contribution is -2.29. The molecule has 1 atom stereocenters. The molecule has 1 fully saturated rings. The summed E-state index contributed by atoms with van der Waals surface area (Å²) >= 11 is 0. The van der Waals surface area contributed by atoms with E-state index in [-0.39, 0.29) is 0 Å². The monoisotopic (exact) mass is 230 g/mol. The Morgan fingerprint density at radius 1 is 1.41 bits per heavy atom. The molecule has 90 valence electrons. The minimum Gasteiger partial charge on any atom is -0.399 e. The second-order valence-electron chi connectivity index (χ2n) is 4.88. The topological polar surface area (TPSA) is 46.6 Å². The molecule has 3 rings (SSSR count). The van der Waals surface area contributed by atoms with Crippen LogP contribution in [0.4, 0.5) is 5.69 Å². The molecule has 0 amide bonds. The highest BCUT2D eigenvalue weighted by Crippen LogP contribution is 2.29. The van der Waals surface area contributed by atoms with Gasteiger partial charge in [0.15, 0.2) is 0 Å². The molecule has 0 spiro atoms. The van der Waals surface area contributed by atoms with Gasteiger partial charge in [-0.05, 0) is 32.5 Å². The van der Waals surface area contributed by atoms with E-state index in [9.17, 15) is 0 Å². The quantitative estimate of drug-likeness (QED) is 0.815. The SMILES string of the molecule is CN1CCCCC1c1cn2ccc(N)cc2n1. The standard InChI is InChI=1S/C13H18N4/c1-16-6-3-2-4-12(16)11-9-17-7-5-10(14)8-13(17)15-11/h5,7-9,12H,2-4,6,14H2,1H3. The molecular weight excluding hydrogens is 212 g/mol. The van der Waals surface area contributed by atoms with Crippen molar-refractivity contribution >= 4 is 11.3 Å². The summed E-state index contributed by atoms with van der Waals surface area (Å²) in [5.41, 5.74) is 8.65. The zero-order chi connectivity index (χ0) is 11.8. The van der Waals surface area contributed by atoms with E-state index < -0.39 is 0 Å². The van der Waals surface area contributed by atoms with Crippen molar-refractivity contribution in [1.29, 1.82) is 0 Å². The van der Waals surface area contributed by atoms with Crippen LogP contribution in [0.2, 0.25) is 0 Å². The summed E-state index contributed by atoms with van der Waals surface area (Å²) in [5.74, 6) is 0. The number of imidazole rings is 1. The van der Waals surface area contributed by atoms with Gasteiger partial charge in [0, 0.05) is 24.1 Å². The van der Waals surface area contributed by atoms with Crippen molar-refractivity contribution in [3.05, 3.63) is 30.2 Å². The van der Waals surface area contributed by atoms with Crippen molar-refractivity contribution < 1.29 is 0 Å². The summed E-state index contributed by atoms with van der Waals surface area (Å²) in [4.78, 5) is 7.09. The van der Waals surface area contributed by atoms with Crippen LogP contribution in [-0.4, -0.2) is 27.9 Å². The van der Waals surface area contributed by atoms with Crippen LogP contribution < -0.4 is 5.73 Å². The Balaban J connectivity index is 1.99. The fraction of sp³-hybridized carbons (Fsp3) is 0.462. The Morgan fingerprint density at radius 3 is 3.12 bits per heavy atom. The first-order chi connectivity index (χ1) is 8.24. The van der Waals surface area contributed by atoms with Gasteiger partial charge in [-0.2, -0.15) is 0 Å². The third kappa shape index (κ3) is 1.89. The van der Waals surface area contributed by atoms with Crippen LogP contribution in [-0.2, 0) is 0 Å². The van der Waals surface area contributed by atoms with Gasteiger partial charge in [0.05, 0.1) is 11.7 Å². The number of anilines is 1. The van der Waals surface area contributed by atoms with Gasteiger partial charge in [-0.3, -0.25) is 4.90 Å². The van der Waals surface area contributed by atoms with Crippen molar-refractivity contribution in [3.8, 4) is 0 Å². The first-order valence-electron chi connectivity index (χ1n) is 6.18. The molecule has 3 heterocycles. The van der Waals surface area contributed by atoms with E-state index in [0.717, 1.165) is 17.0 Å². The molecule has 0 aliphatic carbocycles. The number of likely N-dealkylation sites (tertiary alicyclic amines) is 1. The lowest BCUT2D eigenvalue weighted by molar-refractivity contribution is 0.184. The molecule has 2 aromatic rings. The Morgan fingerprint density at radius 2 is 2.29 bits per heavy atom. The van der Waals surface area contributed by atoms with Gasteiger partial charge < -0.3 is 10.1 Å². The maximum Gasteiger partial charge on any atom is 0.139 e. The van der Waals surface area contributed by atoms with Gasteiger partial charge in [-0.25, -0.2) is 4.98 Å². The molecule has 1 unspecified atom stereocenters. The summed E-state index contributed by atoms with van der Waals surface area (Å²) in [7, 11) is 2.18. The zero-order valence-electron chi connectivity index (χ0n) is 10.1. The third-order valence-corrected chi connectivity index (χ3v) is 3.61. The van der Waals surface area contributed by atoms with Crippen molar-refractivity contribution in [2.45, 2.75) is 25.3 Å². The molecule has 4 nitrogen and oxygen atoms in total. The van der Waals surface area contributed by atoms with Gasteiger partial charge in [-0.15, -0.1) is 0 Å². The summed E-state index contributed by atoms with van der Waals surface area (Å²) < 4.78 is 2.05. The fourth-order valence-electron chi connectivity index (χ4n) is 2.63. The Labute approximate surface area is 101 Å². The number of nitrogen functional groups attached to an aromatic ring is 1. The molecule has 0 bridgehead atoms. The normalized spacial score (nSPS) is 22.1. The van der Waals surface area contributed by atoms with Crippen LogP contribution >= 0.6 is 0 Å². The molecule has 4 heteroatoms. The van der Waals surface area contributed by atoms with Crippen LogP contribution in [0.1, 0.15) is 31.0 Å². The predicted molar refractivity (Wildman–Crippen MR) is 68.8 cm³/mol. The molecule has 1 aliphatic heterocycles. The minimum atomic E-state index is 0.463. The van der Waals surface area contributed by atoms with Gasteiger partial charge >= 0.3 is 0 Å². The number of pyridine rings is 1. The molecule has 1 saturated heterocycles.